The average molecular weight is 385 g/mol. The molecule has 1 heterocycles. The van der Waals surface area contributed by atoms with Crippen molar-refractivity contribution >= 4 is 5.91 Å². The Bertz CT molecular complexity index is 847. The molecule has 6 nitrogen and oxygen atoms in total. The van der Waals surface area contributed by atoms with Crippen LogP contribution in [0.1, 0.15) is 31.4 Å². The van der Waals surface area contributed by atoms with Crippen molar-refractivity contribution < 1.29 is 23.7 Å². The van der Waals surface area contributed by atoms with E-state index in [1.807, 2.05) is 50.2 Å². The number of nitrogens with one attached hydrogen (secondary N) is 1. The number of hydrogen-bond acceptors (Lipinski definition) is 5. The summed E-state index contributed by atoms with van der Waals surface area (Å²) in [5.74, 6) is 2.78. The quantitative estimate of drug-likeness (QED) is 0.791. The fourth-order valence-corrected chi connectivity index (χ4v) is 3.21. The number of benzene rings is 2. The fraction of sp³-hybridized carbons (Fsp3) is 0.409. The highest BCUT2D eigenvalue weighted by Gasteiger charge is 2.25. The topological polar surface area (TPSA) is 66.0 Å². The second kappa shape index (κ2) is 8.42. The first-order chi connectivity index (χ1) is 13.4. The number of hydrogen-bond donors (Lipinski definition) is 1. The Kier molecular flexibility index (Phi) is 5.97. The molecule has 28 heavy (non-hydrogen) atoms. The SMILES string of the molecule is COc1ccc(CCC(=O)NC(C)(C)c2ccc3c(c2)OCCO3)cc1OC. The van der Waals surface area contributed by atoms with Crippen LogP contribution in [0.3, 0.4) is 0 Å². The van der Waals surface area contributed by atoms with Crippen LogP contribution in [0.4, 0.5) is 0 Å². The van der Waals surface area contributed by atoms with E-state index in [2.05, 4.69) is 5.32 Å². The third kappa shape index (κ3) is 4.50. The largest absolute Gasteiger partial charge is 0.493 e. The molecule has 1 aliphatic heterocycles. The maximum atomic E-state index is 12.5. The predicted octanol–water partition coefficient (Wildman–Crippen LogP) is 3.46. The van der Waals surface area contributed by atoms with Crippen molar-refractivity contribution in [1.82, 2.24) is 5.32 Å². The number of carbonyl (C=O) groups is 1. The van der Waals surface area contributed by atoms with E-state index < -0.39 is 5.54 Å². The van der Waals surface area contributed by atoms with Crippen molar-refractivity contribution in [3.8, 4) is 23.0 Å². The Balaban J connectivity index is 1.62. The van der Waals surface area contributed by atoms with Crippen LogP contribution in [0.5, 0.6) is 23.0 Å². The highest BCUT2D eigenvalue weighted by Crippen LogP contribution is 2.34. The molecular formula is C22H27NO5. The fourth-order valence-electron chi connectivity index (χ4n) is 3.21. The summed E-state index contributed by atoms with van der Waals surface area (Å²) in [6.07, 6.45) is 0.993. The van der Waals surface area contributed by atoms with E-state index in [4.69, 9.17) is 18.9 Å². The second-order valence-electron chi connectivity index (χ2n) is 7.22. The van der Waals surface area contributed by atoms with E-state index in [-0.39, 0.29) is 5.91 Å². The van der Waals surface area contributed by atoms with E-state index >= 15 is 0 Å². The summed E-state index contributed by atoms with van der Waals surface area (Å²) in [7, 11) is 3.20. The summed E-state index contributed by atoms with van der Waals surface area (Å²) in [5, 5.41) is 3.11. The van der Waals surface area contributed by atoms with Gasteiger partial charge in [-0.15, -0.1) is 0 Å². The molecule has 0 saturated heterocycles. The Morgan fingerprint density at radius 1 is 1.00 bits per heavy atom. The maximum absolute atomic E-state index is 12.5. The maximum Gasteiger partial charge on any atom is 0.221 e. The number of rotatable bonds is 7. The summed E-state index contributed by atoms with van der Waals surface area (Å²) in [5.41, 5.74) is 1.46. The molecule has 0 saturated carbocycles. The molecule has 0 fully saturated rings. The molecule has 0 aliphatic carbocycles. The number of fused-ring (bicyclic) bond motifs is 1. The van der Waals surface area contributed by atoms with E-state index in [0.29, 0.717) is 37.6 Å². The van der Waals surface area contributed by atoms with Gasteiger partial charge < -0.3 is 24.3 Å². The Hall–Kier alpha value is -2.89. The molecule has 0 spiro atoms. The molecule has 1 N–H and O–H groups in total. The molecule has 0 bridgehead atoms. The van der Waals surface area contributed by atoms with Gasteiger partial charge in [-0.05, 0) is 55.7 Å². The first-order valence-corrected chi connectivity index (χ1v) is 9.35. The third-order valence-corrected chi connectivity index (χ3v) is 4.80. The van der Waals surface area contributed by atoms with Crippen molar-refractivity contribution in [1.29, 1.82) is 0 Å². The summed E-state index contributed by atoms with van der Waals surface area (Å²) in [6, 6.07) is 11.5. The number of ether oxygens (including phenoxy) is 4. The van der Waals surface area contributed by atoms with Crippen LogP contribution in [0.25, 0.3) is 0 Å². The summed E-state index contributed by atoms with van der Waals surface area (Å²) in [4.78, 5) is 12.5. The summed E-state index contributed by atoms with van der Waals surface area (Å²) < 4.78 is 21.8. The summed E-state index contributed by atoms with van der Waals surface area (Å²) >= 11 is 0. The van der Waals surface area contributed by atoms with E-state index in [1.165, 1.54) is 0 Å². The van der Waals surface area contributed by atoms with Gasteiger partial charge in [-0.1, -0.05) is 12.1 Å². The lowest BCUT2D eigenvalue weighted by Gasteiger charge is -2.29. The molecule has 2 aromatic rings. The van der Waals surface area contributed by atoms with Gasteiger partial charge in [0.15, 0.2) is 23.0 Å². The normalized spacial score (nSPS) is 13.0. The van der Waals surface area contributed by atoms with Gasteiger partial charge in [-0.25, -0.2) is 0 Å². The second-order valence-corrected chi connectivity index (χ2v) is 7.22. The lowest BCUT2D eigenvalue weighted by molar-refractivity contribution is -0.122. The van der Waals surface area contributed by atoms with Crippen molar-refractivity contribution in [3.63, 3.8) is 0 Å². The third-order valence-electron chi connectivity index (χ3n) is 4.80. The van der Waals surface area contributed by atoms with E-state index in [1.54, 1.807) is 14.2 Å². The minimum absolute atomic E-state index is 0.0188. The van der Waals surface area contributed by atoms with E-state index in [0.717, 1.165) is 22.6 Å². The lowest BCUT2D eigenvalue weighted by atomic mass is 9.93. The van der Waals surface area contributed by atoms with Crippen molar-refractivity contribution in [2.24, 2.45) is 0 Å². The first-order valence-electron chi connectivity index (χ1n) is 9.35. The zero-order valence-corrected chi connectivity index (χ0v) is 16.8. The number of carbonyl (C=O) groups excluding carboxylic acids is 1. The molecule has 2 aromatic carbocycles. The molecule has 0 radical (unpaired) electrons. The highest BCUT2D eigenvalue weighted by molar-refractivity contribution is 5.77. The molecule has 1 amide bonds. The molecule has 0 aromatic heterocycles. The lowest BCUT2D eigenvalue weighted by Crippen LogP contribution is -2.41. The zero-order chi connectivity index (χ0) is 20.1. The molecule has 0 unspecified atom stereocenters. The van der Waals surface area contributed by atoms with Crippen LogP contribution < -0.4 is 24.3 Å². The molecule has 3 rings (SSSR count). The molecule has 150 valence electrons. The van der Waals surface area contributed by atoms with Crippen molar-refractivity contribution in [2.45, 2.75) is 32.2 Å². The first kappa shape index (κ1) is 19.9. The average Bonchev–Trinajstić information content (AvgIpc) is 2.71. The number of methoxy groups -OCH3 is 2. The molecule has 0 atom stereocenters. The van der Waals surface area contributed by atoms with Crippen LogP contribution in [0.2, 0.25) is 0 Å². The molecule has 1 aliphatic rings. The Morgan fingerprint density at radius 2 is 1.71 bits per heavy atom. The number of amides is 1. The zero-order valence-electron chi connectivity index (χ0n) is 16.8. The van der Waals surface area contributed by atoms with E-state index in [9.17, 15) is 4.79 Å². The van der Waals surface area contributed by atoms with Gasteiger partial charge in [0.2, 0.25) is 5.91 Å². The monoisotopic (exact) mass is 385 g/mol. The van der Waals surface area contributed by atoms with Gasteiger partial charge >= 0.3 is 0 Å². The molecule has 6 heteroatoms. The van der Waals surface area contributed by atoms with Crippen molar-refractivity contribution in [3.05, 3.63) is 47.5 Å². The van der Waals surface area contributed by atoms with Gasteiger partial charge in [0.05, 0.1) is 19.8 Å². The Labute approximate surface area is 165 Å². The van der Waals surface area contributed by atoms with Gasteiger partial charge in [0, 0.05) is 6.42 Å². The van der Waals surface area contributed by atoms with Gasteiger partial charge in [0.25, 0.3) is 0 Å². The highest BCUT2D eigenvalue weighted by atomic mass is 16.6. The van der Waals surface area contributed by atoms with Gasteiger partial charge in [0.1, 0.15) is 13.2 Å². The van der Waals surface area contributed by atoms with Crippen LogP contribution in [-0.4, -0.2) is 33.3 Å². The van der Waals surface area contributed by atoms with Crippen LogP contribution in [0, 0.1) is 0 Å². The summed E-state index contributed by atoms with van der Waals surface area (Å²) in [6.45, 7) is 5.05. The van der Waals surface area contributed by atoms with Crippen LogP contribution in [0.15, 0.2) is 36.4 Å². The molecular weight excluding hydrogens is 358 g/mol. The predicted molar refractivity (Wildman–Crippen MR) is 106 cm³/mol. The standard InChI is InChI=1S/C22H27NO5/c1-22(2,16-7-9-18-20(14-16)28-12-11-27-18)23-21(24)10-6-15-5-8-17(25-3)19(13-15)26-4/h5,7-9,13-14H,6,10-12H2,1-4H3,(H,23,24). The minimum atomic E-state index is -0.523. The van der Waals surface area contributed by atoms with Gasteiger partial charge in [-0.3, -0.25) is 4.79 Å². The van der Waals surface area contributed by atoms with Gasteiger partial charge in [-0.2, -0.15) is 0 Å². The Morgan fingerprint density at radius 3 is 2.43 bits per heavy atom. The van der Waals surface area contributed by atoms with Crippen LogP contribution in [-0.2, 0) is 16.8 Å². The van der Waals surface area contributed by atoms with Crippen LogP contribution >= 0.6 is 0 Å². The van der Waals surface area contributed by atoms with Crippen molar-refractivity contribution in [2.75, 3.05) is 27.4 Å². The number of aryl methyl sites for hydroxylation is 1. The minimum Gasteiger partial charge on any atom is -0.493 e. The smallest absolute Gasteiger partial charge is 0.221 e.